The number of benzene rings is 2. The van der Waals surface area contributed by atoms with Gasteiger partial charge in [0.15, 0.2) is 5.11 Å². The first-order chi connectivity index (χ1) is 16.5. The minimum Gasteiger partial charge on any atom is -0.351 e. The molecule has 1 fully saturated rings. The molecule has 1 aliphatic rings. The van der Waals surface area contributed by atoms with Gasteiger partial charge in [0.25, 0.3) is 0 Å². The van der Waals surface area contributed by atoms with E-state index in [2.05, 4.69) is 103 Å². The highest BCUT2D eigenvalue weighted by molar-refractivity contribution is 7.80. The van der Waals surface area contributed by atoms with Crippen molar-refractivity contribution in [2.24, 2.45) is 0 Å². The number of thiocarbonyl (C=S) groups is 1. The van der Waals surface area contributed by atoms with Gasteiger partial charge >= 0.3 is 0 Å². The van der Waals surface area contributed by atoms with Crippen LogP contribution in [0.25, 0.3) is 5.69 Å². The molecule has 0 unspecified atom stereocenters. The van der Waals surface area contributed by atoms with Crippen LogP contribution in [0.3, 0.4) is 0 Å². The second-order valence-electron chi connectivity index (χ2n) is 9.02. The van der Waals surface area contributed by atoms with E-state index in [-0.39, 0.29) is 12.1 Å². The second kappa shape index (κ2) is 9.07. The van der Waals surface area contributed by atoms with Crippen LogP contribution in [0.15, 0.2) is 79.0 Å². The van der Waals surface area contributed by atoms with Crippen molar-refractivity contribution in [2.45, 2.75) is 46.2 Å². The summed E-state index contributed by atoms with van der Waals surface area (Å²) in [4.78, 5) is 6.96. The third-order valence-electron chi connectivity index (χ3n) is 6.77. The fraction of sp³-hybridized carbons (Fsp3) is 0.241. The van der Waals surface area contributed by atoms with E-state index in [1.807, 2.05) is 18.3 Å². The third kappa shape index (κ3) is 3.90. The molecule has 4 aromatic rings. The monoisotopic (exact) mass is 466 g/mol. The first-order valence-electron chi connectivity index (χ1n) is 11.8. The van der Waals surface area contributed by atoms with E-state index in [0.29, 0.717) is 0 Å². The molecule has 2 atom stereocenters. The summed E-state index contributed by atoms with van der Waals surface area (Å²) in [7, 11) is 0. The number of aryl methyl sites for hydroxylation is 3. The number of hydrogen-bond acceptors (Lipinski definition) is 2. The topological polar surface area (TPSA) is 33.1 Å². The van der Waals surface area contributed by atoms with Gasteiger partial charge in [-0.3, -0.25) is 4.98 Å². The Morgan fingerprint density at radius 1 is 0.912 bits per heavy atom. The molecule has 2 aromatic heterocycles. The molecule has 0 aliphatic carbocycles. The third-order valence-corrected chi connectivity index (χ3v) is 7.08. The minimum absolute atomic E-state index is 0.0142. The van der Waals surface area contributed by atoms with Crippen molar-refractivity contribution < 1.29 is 0 Å². The number of nitrogens with zero attached hydrogens (tertiary/aromatic N) is 3. The number of nitrogens with one attached hydrogen (secondary N) is 1. The van der Waals surface area contributed by atoms with Gasteiger partial charge in [-0.25, -0.2) is 0 Å². The van der Waals surface area contributed by atoms with Crippen molar-refractivity contribution >= 4 is 23.0 Å². The predicted molar refractivity (Wildman–Crippen MR) is 144 cm³/mol. The molecule has 1 aliphatic heterocycles. The number of pyridine rings is 1. The van der Waals surface area contributed by atoms with Crippen LogP contribution in [0.4, 0.5) is 5.69 Å². The summed E-state index contributed by atoms with van der Waals surface area (Å²) in [6.45, 7) is 8.70. The maximum Gasteiger partial charge on any atom is 0.174 e. The van der Waals surface area contributed by atoms with Gasteiger partial charge in [-0.2, -0.15) is 0 Å². The van der Waals surface area contributed by atoms with Crippen LogP contribution >= 0.6 is 12.2 Å². The van der Waals surface area contributed by atoms with Crippen molar-refractivity contribution in [1.82, 2.24) is 14.9 Å². The molecule has 5 rings (SSSR count). The fourth-order valence-electron chi connectivity index (χ4n) is 5.09. The standard InChI is InChI=1S/C29H30N4S/c1-5-22-12-14-23(15-13-22)33-28(27(31-29(33)34)26-11-6-7-16-30-26)25-18-20(3)32(21(25)4)24-10-8-9-19(2)17-24/h6-18,27-28H,5H2,1-4H3,(H,31,34)/t27-,28-/m1/s1. The molecule has 0 spiro atoms. The lowest BCUT2D eigenvalue weighted by Crippen LogP contribution is -2.29. The van der Waals surface area contributed by atoms with Gasteiger partial charge in [-0.15, -0.1) is 0 Å². The summed E-state index contributed by atoms with van der Waals surface area (Å²) in [5, 5.41) is 4.31. The largest absolute Gasteiger partial charge is 0.351 e. The number of hydrogen-bond donors (Lipinski definition) is 1. The molecule has 1 saturated heterocycles. The first kappa shape index (κ1) is 22.4. The molecule has 1 N–H and O–H groups in total. The quantitative estimate of drug-likeness (QED) is 0.339. The van der Waals surface area contributed by atoms with Crippen LogP contribution in [-0.4, -0.2) is 14.7 Å². The molecular weight excluding hydrogens is 436 g/mol. The van der Waals surface area contributed by atoms with Gasteiger partial charge in [-0.1, -0.05) is 37.3 Å². The Hall–Kier alpha value is -3.44. The lowest BCUT2D eigenvalue weighted by atomic mass is 9.96. The van der Waals surface area contributed by atoms with Crippen LogP contribution in [0.2, 0.25) is 0 Å². The molecule has 4 nitrogen and oxygen atoms in total. The highest BCUT2D eigenvalue weighted by atomic mass is 32.1. The van der Waals surface area contributed by atoms with Crippen LogP contribution in [0.5, 0.6) is 0 Å². The maximum atomic E-state index is 5.91. The normalized spacial score (nSPS) is 17.8. The Balaban J connectivity index is 1.67. The molecule has 172 valence electrons. The number of aromatic nitrogens is 2. The highest BCUT2D eigenvalue weighted by Crippen LogP contribution is 2.43. The Bertz CT molecular complexity index is 1320. The summed E-state index contributed by atoms with van der Waals surface area (Å²) < 4.78 is 2.34. The van der Waals surface area contributed by atoms with Gasteiger partial charge in [0.05, 0.1) is 17.8 Å². The zero-order valence-corrected chi connectivity index (χ0v) is 20.9. The van der Waals surface area contributed by atoms with Crippen LogP contribution in [0, 0.1) is 20.8 Å². The van der Waals surface area contributed by atoms with Crippen molar-refractivity contribution in [3.05, 3.63) is 113 Å². The van der Waals surface area contributed by atoms with Crippen molar-refractivity contribution in [1.29, 1.82) is 0 Å². The Labute approximate surface area is 207 Å². The van der Waals surface area contributed by atoms with Crippen LogP contribution < -0.4 is 10.2 Å². The van der Waals surface area contributed by atoms with E-state index >= 15 is 0 Å². The second-order valence-corrected chi connectivity index (χ2v) is 9.40. The molecular formula is C29H30N4S. The van der Waals surface area contributed by atoms with E-state index in [9.17, 15) is 0 Å². The van der Waals surface area contributed by atoms with Crippen LogP contribution in [0.1, 0.15) is 52.8 Å². The lowest BCUT2D eigenvalue weighted by molar-refractivity contribution is 0.565. The maximum absolute atomic E-state index is 5.91. The summed E-state index contributed by atoms with van der Waals surface area (Å²) in [5.41, 5.74) is 9.51. The van der Waals surface area contributed by atoms with Gasteiger partial charge < -0.3 is 14.8 Å². The molecule has 34 heavy (non-hydrogen) atoms. The van der Waals surface area contributed by atoms with Crippen molar-refractivity contribution in [2.75, 3.05) is 4.90 Å². The fourth-order valence-corrected chi connectivity index (χ4v) is 5.44. The van der Waals surface area contributed by atoms with Crippen LogP contribution in [-0.2, 0) is 6.42 Å². The first-order valence-corrected chi connectivity index (χ1v) is 12.2. The zero-order valence-electron chi connectivity index (χ0n) is 20.1. The molecule has 2 aromatic carbocycles. The van der Waals surface area contributed by atoms with Crippen molar-refractivity contribution in [3.8, 4) is 5.69 Å². The molecule has 0 saturated carbocycles. The number of anilines is 1. The Kier molecular flexibility index (Phi) is 5.96. The minimum atomic E-state index is -0.0500. The molecule has 3 heterocycles. The van der Waals surface area contributed by atoms with E-state index in [1.165, 1.54) is 33.8 Å². The van der Waals surface area contributed by atoms with E-state index in [0.717, 1.165) is 22.9 Å². The Morgan fingerprint density at radius 3 is 2.38 bits per heavy atom. The molecule has 0 bridgehead atoms. The van der Waals surface area contributed by atoms with E-state index in [4.69, 9.17) is 17.2 Å². The lowest BCUT2D eigenvalue weighted by Gasteiger charge is -2.28. The summed E-state index contributed by atoms with van der Waals surface area (Å²) in [6.07, 6.45) is 2.87. The van der Waals surface area contributed by atoms with E-state index in [1.54, 1.807) is 0 Å². The number of rotatable bonds is 5. The predicted octanol–water partition coefficient (Wildman–Crippen LogP) is 6.54. The highest BCUT2D eigenvalue weighted by Gasteiger charge is 2.42. The SMILES string of the molecule is CCc1ccc(N2C(=S)N[C@H](c3ccccn3)[C@H]2c2cc(C)n(-c3cccc(C)c3)c2C)cc1. The van der Waals surface area contributed by atoms with Gasteiger partial charge in [0.2, 0.25) is 0 Å². The van der Waals surface area contributed by atoms with E-state index < -0.39 is 0 Å². The average molecular weight is 467 g/mol. The summed E-state index contributed by atoms with van der Waals surface area (Å²) >= 11 is 5.91. The molecule has 0 radical (unpaired) electrons. The van der Waals surface area contributed by atoms with Crippen molar-refractivity contribution in [3.63, 3.8) is 0 Å². The zero-order chi connectivity index (χ0) is 23.8. The summed E-state index contributed by atoms with van der Waals surface area (Å²) in [5.74, 6) is 0. The smallest absolute Gasteiger partial charge is 0.174 e. The van der Waals surface area contributed by atoms with Gasteiger partial charge in [0.1, 0.15) is 0 Å². The average Bonchev–Trinajstić information content (AvgIpc) is 3.34. The molecule has 5 heteroatoms. The molecule has 0 amide bonds. The Morgan fingerprint density at radius 2 is 1.71 bits per heavy atom. The summed E-state index contributed by atoms with van der Waals surface area (Å²) in [6, 6.07) is 25.7. The van der Waals surface area contributed by atoms with Gasteiger partial charge in [-0.05, 0) is 98.6 Å². The van der Waals surface area contributed by atoms with Gasteiger partial charge in [0, 0.05) is 29.0 Å².